The van der Waals surface area contributed by atoms with Gasteiger partial charge in [-0.05, 0) is 38.5 Å². The minimum atomic E-state index is -0.436. The van der Waals surface area contributed by atoms with Gasteiger partial charge in [0.1, 0.15) is 6.61 Å². The number of hydrogen-bond acceptors (Lipinski definition) is 5. The number of carbonyl (C=O) groups is 1. The van der Waals surface area contributed by atoms with Crippen LogP contribution in [0, 0.1) is 0 Å². The molecule has 5 nitrogen and oxygen atoms in total. The predicted molar refractivity (Wildman–Crippen MR) is 95.5 cm³/mol. The van der Waals surface area contributed by atoms with Crippen molar-refractivity contribution < 1.29 is 23.7 Å². The number of esters is 1. The van der Waals surface area contributed by atoms with E-state index < -0.39 is 5.97 Å². The average Bonchev–Trinajstić information content (AvgIpc) is 2.63. The summed E-state index contributed by atoms with van der Waals surface area (Å²) in [5.41, 5.74) is 1.29. The Morgan fingerprint density at radius 1 is 0.840 bits per heavy atom. The van der Waals surface area contributed by atoms with Gasteiger partial charge in [0.25, 0.3) is 0 Å². The standard InChI is InChI=1S/C20H24O5/c1-4-22-17-12-16(13-18(23-5-2)19(17)24-6-3)20(21)25-14-15-10-8-7-9-11-15/h7-13H,4-6,14H2,1-3H3. The Balaban J connectivity index is 2.24. The Morgan fingerprint density at radius 3 is 1.92 bits per heavy atom. The van der Waals surface area contributed by atoms with Gasteiger partial charge in [-0.3, -0.25) is 0 Å². The molecule has 2 aromatic carbocycles. The first kappa shape index (κ1) is 18.6. The van der Waals surface area contributed by atoms with Crippen LogP contribution in [0.3, 0.4) is 0 Å². The SMILES string of the molecule is CCOc1cc(C(=O)OCc2ccccc2)cc(OCC)c1OCC. The number of benzene rings is 2. The third kappa shape index (κ3) is 5.14. The average molecular weight is 344 g/mol. The second-order valence-corrected chi connectivity index (χ2v) is 5.16. The molecule has 25 heavy (non-hydrogen) atoms. The van der Waals surface area contributed by atoms with Gasteiger partial charge in [-0.15, -0.1) is 0 Å². The van der Waals surface area contributed by atoms with Crippen LogP contribution in [-0.4, -0.2) is 25.8 Å². The molecule has 0 N–H and O–H groups in total. The molecule has 0 saturated heterocycles. The molecule has 0 atom stereocenters. The van der Waals surface area contributed by atoms with E-state index >= 15 is 0 Å². The Hall–Kier alpha value is -2.69. The summed E-state index contributed by atoms with van der Waals surface area (Å²) < 4.78 is 22.3. The molecule has 0 spiro atoms. The summed E-state index contributed by atoms with van der Waals surface area (Å²) in [7, 11) is 0. The molecule has 0 unspecified atom stereocenters. The second-order valence-electron chi connectivity index (χ2n) is 5.16. The Bertz CT molecular complexity index is 655. The first-order valence-electron chi connectivity index (χ1n) is 8.47. The van der Waals surface area contributed by atoms with Crippen LogP contribution in [0.4, 0.5) is 0 Å². The molecule has 0 aliphatic rings. The zero-order valence-electron chi connectivity index (χ0n) is 14.9. The molecule has 134 valence electrons. The van der Waals surface area contributed by atoms with Gasteiger partial charge >= 0.3 is 5.97 Å². The van der Waals surface area contributed by atoms with E-state index in [9.17, 15) is 4.79 Å². The zero-order chi connectivity index (χ0) is 18.1. The van der Waals surface area contributed by atoms with E-state index in [0.717, 1.165) is 5.56 Å². The lowest BCUT2D eigenvalue weighted by Crippen LogP contribution is -2.08. The van der Waals surface area contributed by atoms with Crippen LogP contribution in [0.25, 0.3) is 0 Å². The van der Waals surface area contributed by atoms with Gasteiger partial charge in [0.05, 0.1) is 25.4 Å². The molecule has 2 aromatic rings. The summed E-state index contributed by atoms with van der Waals surface area (Å²) in [6.07, 6.45) is 0. The molecule has 0 amide bonds. The highest BCUT2D eigenvalue weighted by molar-refractivity contribution is 5.91. The zero-order valence-corrected chi connectivity index (χ0v) is 14.9. The summed E-state index contributed by atoms with van der Waals surface area (Å²) in [5.74, 6) is 1.02. The summed E-state index contributed by atoms with van der Waals surface area (Å²) in [6.45, 7) is 7.21. The fraction of sp³-hybridized carbons (Fsp3) is 0.350. The number of rotatable bonds is 9. The van der Waals surface area contributed by atoms with Crippen molar-refractivity contribution in [1.29, 1.82) is 0 Å². The van der Waals surface area contributed by atoms with E-state index in [1.165, 1.54) is 0 Å². The monoisotopic (exact) mass is 344 g/mol. The maximum atomic E-state index is 12.4. The van der Waals surface area contributed by atoms with Crippen molar-refractivity contribution in [2.75, 3.05) is 19.8 Å². The van der Waals surface area contributed by atoms with Gasteiger partial charge < -0.3 is 18.9 Å². The smallest absolute Gasteiger partial charge is 0.338 e. The number of carbonyl (C=O) groups excluding carboxylic acids is 1. The fourth-order valence-electron chi connectivity index (χ4n) is 2.31. The lowest BCUT2D eigenvalue weighted by molar-refractivity contribution is 0.0471. The second kappa shape index (κ2) is 9.57. The summed E-state index contributed by atoms with van der Waals surface area (Å²) >= 11 is 0. The summed E-state index contributed by atoms with van der Waals surface area (Å²) in [5, 5.41) is 0. The Labute approximate surface area is 148 Å². The predicted octanol–water partition coefficient (Wildman–Crippen LogP) is 4.24. The van der Waals surface area contributed by atoms with E-state index in [4.69, 9.17) is 18.9 Å². The molecule has 0 radical (unpaired) electrons. The Kier molecular flexibility index (Phi) is 7.14. The van der Waals surface area contributed by atoms with Crippen LogP contribution in [0.1, 0.15) is 36.7 Å². The van der Waals surface area contributed by atoms with Crippen molar-refractivity contribution in [1.82, 2.24) is 0 Å². The van der Waals surface area contributed by atoms with Crippen LogP contribution >= 0.6 is 0 Å². The van der Waals surface area contributed by atoms with Crippen molar-refractivity contribution in [2.24, 2.45) is 0 Å². The van der Waals surface area contributed by atoms with Crippen molar-refractivity contribution in [2.45, 2.75) is 27.4 Å². The van der Waals surface area contributed by atoms with Gasteiger partial charge in [-0.1, -0.05) is 30.3 Å². The van der Waals surface area contributed by atoms with Crippen LogP contribution in [0.5, 0.6) is 17.2 Å². The first-order chi connectivity index (χ1) is 12.2. The molecule has 0 aromatic heterocycles. The van der Waals surface area contributed by atoms with E-state index in [0.29, 0.717) is 42.6 Å². The van der Waals surface area contributed by atoms with Crippen molar-refractivity contribution in [3.63, 3.8) is 0 Å². The maximum Gasteiger partial charge on any atom is 0.338 e. The highest BCUT2D eigenvalue weighted by Crippen LogP contribution is 2.39. The van der Waals surface area contributed by atoms with Crippen LogP contribution in [0.15, 0.2) is 42.5 Å². The first-order valence-corrected chi connectivity index (χ1v) is 8.47. The van der Waals surface area contributed by atoms with Gasteiger partial charge in [0.15, 0.2) is 11.5 Å². The van der Waals surface area contributed by atoms with Crippen molar-refractivity contribution in [3.8, 4) is 17.2 Å². The number of hydrogen-bond donors (Lipinski definition) is 0. The normalized spacial score (nSPS) is 10.2. The minimum Gasteiger partial charge on any atom is -0.490 e. The molecule has 2 rings (SSSR count). The Morgan fingerprint density at radius 2 is 1.40 bits per heavy atom. The van der Waals surface area contributed by atoms with Gasteiger partial charge in [-0.2, -0.15) is 0 Å². The summed E-state index contributed by atoms with van der Waals surface area (Å²) in [6, 6.07) is 12.8. The quantitative estimate of drug-likeness (QED) is 0.637. The van der Waals surface area contributed by atoms with Crippen LogP contribution < -0.4 is 14.2 Å². The molecular weight excluding hydrogens is 320 g/mol. The topological polar surface area (TPSA) is 54.0 Å². The minimum absolute atomic E-state index is 0.209. The fourth-order valence-corrected chi connectivity index (χ4v) is 2.31. The highest BCUT2D eigenvalue weighted by Gasteiger charge is 2.19. The number of ether oxygens (including phenoxy) is 4. The van der Waals surface area contributed by atoms with Crippen LogP contribution in [-0.2, 0) is 11.3 Å². The molecule has 0 heterocycles. The van der Waals surface area contributed by atoms with Gasteiger partial charge in [-0.25, -0.2) is 4.79 Å². The maximum absolute atomic E-state index is 12.4. The van der Waals surface area contributed by atoms with E-state index in [1.807, 2.05) is 51.1 Å². The molecule has 0 fully saturated rings. The van der Waals surface area contributed by atoms with E-state index in [-0.39, 0.29) is 6.61 Å². The molecule has 0 aliphatic heterocycles. The van der Waals surface area contributed by atoms with E-state index in [2.05, 4.69) is 0 Å². The largest absolute Gasteiger partial charge is 0.490 e. The van der Waals surface area contributed by atoms with Crippen molar-refractivity contribution >= 4 is 5.97 Å². The third-order valence-electron chi connectivity index (χ3n) is 3.36. The highest BCUT2D eigenvalue weighted by atomic mass is 16.5. The van der Waals surface area contributed by atoms with Gasteiger partial charge in [0, 0.05) is 0 Å². The van der Waals surface area contributed by atoms with Crippen molar-refractivity contribution in [3.05, 3.63) is 53.6 Å². The van der Waals surface area contributed by atoms with Crippen LogP contribution in [0.2, 0.25) is 0 Å². The molecular formula is C20H24O5. The lowest BCUT2D eigenvalue weighted by Gasteiger charge is -2.16. The molecule has 0 saturated carbocycles. The van der Waals surface area contributed by atoms with E-state index in [1.54, 1.807) is 12.1 Å². The molecule has 0 bridgehead atoms. The van der Waals surface area contributed by atoms with Gasteiger partial charge in [0.2, 0.25) is 5.75 Å². The lowest BCUT2D eigenvalue weighted by atomic mass is 10.1. The summed E-state index contributed by atoms with van der Waals surface area (Å²) in [4.78, 5) is 12.4. The molecule has 0 aliphatic carbocycles. The molecule has 5 heteroatoms. The third-order valence-corrected chi connectivity index (χ3v) is 3.36.